The first-order valence-electron chi connectivity index (χ1n) is 7.43. The Morgan fingerprint density at radius 2 is 1.62 bits per heavy atom. The molecule has 0 aliphatic heterocycles. The van der Waals surface area contributed by atoms with Gasteiger partial charge >= 0.3 is 5.69 Å². The number of hydrogen-bond donors (Lipinski definition) is 2. The number of nitrogens with zero attached hydrogens (tertiary/aromatic N) is 1. The second-order valence-electron chi connectivity index (χ2n) is 5.44. The SMILES string of the molecule is COc1ccc(-c2ccc3nc4[nH]c(=O)[nH]c4cc3c2)cc1OC. The number of imidazole rings is 1. The molecule has 6 heteroatoms. The molecule has 0 spiro atoms. The molecule has 4 aromatic rings. The highest BCUT2D eigenvalue weighted by Crippen LogP contribution is 2.33. The molecule has 0 fully saturated rings. The molecule has 0 saturated carbocycles. The molecule has 4 rings (SSSR count). The van der Waals surface area contributed by atoms with Gasteiger partial charge in [0.25, 0.3) is 0 Å². The number of methoxy groups -OCH3 is 2. The predicted molar refractivity (Wildman–Crippen MR) is 92.8 cm³/mol. The predicted octanol–water partition coefficient (Wildman–Crippen LogP) is 3.09. The Labute approximate surface area is 137 Å². The summed E-state index contributed by atoms with van der Waals surface area (Å²) in [6.45, 7) is 0. The lowest BCUT2D eigenvalue weighted by Crippen LogP contribution is -1.99. The van der Waals surface area contributed by atoms with Crippen molar-refractivity contribution < 1.29 is 9.47 Å². The molecule has 120 valence electrons. The molecule has 0 atom stereocenters. The quantitative estimate of drug-likeness (QED) is 0.607. The van der Waals surface area contributed by atoms with Gasteiger partial charge in [-0.05, 0) is 41.5 Å². The van der Waals surface area contributed by atoms with Crippen molar-refractivity contribution in [3.63, 3.8) is 0 Å². The van der Waals surface area contributed by atoms with Gasteiger partial charge in [0.05, 0.1) is 25.3 Å². The number of H-pyrrole nitrogens is 2. The number of hydrogen-bond acceptors (Lipinski definition) is 4. The molecule has 2 N–H and O–H groups in total. The molecule has 2 aromatic carbocycles. The third kappa shape index (κ3) is 2.28. The molecule has 0 amide bonds. The topological polar surface area (TPSA) is 80.0 Å². The number of rotatable bonds is 3. The number of nitrogens with one attached hydrogen (secondary N) is 2. The molecule has 6 nitrogen and oxygen atoms in total. The molecule has 0 aliphatic rings. The summed E-state index contributed by atoms with van der Waals surface area (Å²) in [6, 6.07) is 13.7. The Bertz CT molecular complexity index is 1110. The molecular weight excluding hydrogens is 306 g/mol. The van der Waals surface area contributed by atoms with E-state index in [2.05, 4.69) is 15.0 Å². The van der Waals surface area contributed by atoms with Gasteiger partial charge in [0.1, 0.15) is 0 Å². The van der Waals surface area contributed by atoms with Gasteiger partial charge in [0.2, 0.25) is 0 Å². The molecule has 0 aliphatic carbocycles. The number of pyridine rings is 1. The first-order valence-corrected chi connectivity index (χ1v) is 7.43. The average molecular weight is 321 g/mol. The summed E-state index contributed by atoms with van der Waals surface area (Å²) >= 11 is 0. The minimum Gasteiger partial charge on any atom is -0.493 e. The van der Waals surface area contributed by atoms with Crippen molar-refractivity contribution in [3.8, 4) is 22.6 Å². The molecule has 0 saturated heterocycles. The standard InChI is InChI=1S/C18H15N3O3/c1-23-15-6-4-11(9-16(15)24-2)10-3-5-13-12(7-10)8-14-17(19-13)21-18(22)20-14/h3-9H,1-2H3,(H2,19,20,21,22). The fraction of sp³-hybridized carbons (Fsp3) is 0.111. The maximum atomic E-state index is 11.4. The van der Waals surface area contributed by atoms with E-state index in [9.17, 15) is 4.79 Å². The molecule has 0 unspecified atom stereocenters. The summed E-state index contributed by atoms with van der Waals surface area (Å²) < 4.78 is 10.6. The van der Waals surface area contributed by atoms with Gasteiger partial charge < -0.3 is 14.5 Å². The lowest BCUT2D eigenvalue weighted by atomic mass is 10.0. The van der Waals surface area contributed by atoms with Crippen molar-refractivity contribution in [2.75, 3.05) is 14.2 Å². The molecular formula is C18H15N3O3. The zero-order valence-corrected chi connectivity index (χ0v) is 13.2. The van der Waals surface area contributed by atoms with E-state index in [4.69, 9.17) is 9.47 Å². The van der Waals surface area contributed by atoms with E-state index in [-0.39, 0.29) is 5.69 Å². The highest BCUT2D eigenvalue weighted by atomic mass is 16.5. The Hall–Kier alpha value is -3.28. The van der Waals surface area contributed by atoms with Crippen LogP contribution < -0.4 is 15.2 Å². The van der Waals surface area contributed by atoms with Crippen LogP contribution in [-0.2, 0) is 0 Å². The Morgan fingerprint density at radius 3 is 2.42 bits per heavy atom. The summed E-state index contributed by atoms with van der Waals surface area (Å²) in [4.78, 5) is 21.3. The zero-order chi connectivity index (χ0) is 16.7. The minimum absolute atomic E-state index is 0.257. The van der Waals surface area contributed by atoms with Crippen LogP contribution in [0.1, 0.15) is 0 Å². The molecule has 0 radical (unpaired) electrons. The maximum absolute atomic E-state index is 11.4. The number of fused-ring (bicyclic) bond motifs is 2. The van der Waals surface area contributed by atoms with Crippen LogP contribution in [0.3, 0.4) is 0 Å². The van der Waals surface area contributed by atoms with Gasteiger partial charge in [-0.2, -0.15) is 0 Å². The number of benzene rings is 2. The van der Waals surface area contributed by atoms with Crippen molar-refractivity contribution in [2.45, 2.75) is 0 Å². The average Bonchev–Trinajstić information content (AvgIpc) is 2.97. The highest BCUT2D eigenvalue weighted by molar-refractivity contribution is 5.92. The van der Waals surface area contributed by atoms with Gasteiger partial charge in [-0.25, -0.2) is 9.78 Å². The lowest BCUT2D eigenvalue weighted by molar-refractivity contribution is 0.355. The molecule has 0 bridgehead atoms. The second kappa shape index (κ2) is 5.42. The van der Waals surface area contributed by atoms with Gasteiger partial charge in [-0.1, -0.05) is 12.1 Å². The van der Waals surface area contributed by atoms with Gasteiger partial charge in [0, 0.05) is 5.39 Å². The first kappa shape index (κ1) is 14.3. The van der Waals surface area contributed by atoms with Crippen LogP contribution in [0.5, 0.6) is 11.5 Å². The van der Waals surface area contributed by atoms with E-state index < -0.39 is 0 Å². The normalized spacial score (nSPS) is 11.1. The van der Waals surface area contributed by atoms with E-state index >= 15 is 0 Å². The van der Waals surface area contributed by atoms with E-state index in [0.29, 0.717) is 22.7 Å². The summed E-state index contributed by atoms with van der Waals surface area (Å²) in [5.74, 6) is 1.37. The molecule has 2 heterocycles. The van der Waals surface area contributed by atoms with E-state index in [0.717, 1.165) is 22.0 Å². The maximum Gasteiger partial charge on any atom is 0.325 e. The van der Waals surface area contributed by atoms with Crippen LogP contribution in [-0.4, -0.2) is 29.2 Å². The summed E-state index contributed by atoms with van der Waals surface area (Å²) in [6.07, 6.45) is 0. The minimum atomic E-state index is -0.257. The Morgan fingerprint density at radius 1 is 0.875 bits per heavy atom. The lowest BCUT2D eigenvalue weighted by Gasteiger charge is -2.10. The number of aromatic nitrogens is 3. The molecule has 2 aromatic heterocycles. The van der Waals surface area contributed by atoms with Crippen molar-refractivity contribution in [1.29, 1.82) is 0 Å². The van der Waals surface area contributed by atoms with Crippen molar-refractivity contribution in [1.82, 2.24) is 15.0 Å². The smallest absolute Gasteiger partial charge is 0.325 e. The van der Waals surface area contributed by atoms with Crippen LogP contribution in [0.4, 0.5) is 0 Å². The van der Waals surface area contributed by atoms with Gasteiger partial charge in [0.15, 0.2) is 17.1 Å². The summed E-state index contributed by atoms with van der Waals surface area (Å²) in [5.41, 5.74) is 3.86. The Balaban J connectivity index is 1.87. The van der Waals surface area contributed by atoms with Crippen molar-refractivity contribution in [2.24, 2.45) is 0 Å². The second-order valence-corrected chi connectivity index (χ2v) is 5.44. The van der Waals surface area contributed by atoms with Crippen LogP contribution >= 0.6 is 0 Å². The van der Waals surface area contributed by atoms with Crippen molar-refractivity contribution >= 4 is 22.1 Å². The summed E-state index contributed by atoms with van der Waals surface area (Å²) in [7, 11) is 3.23. The van der Waals surface area contributed by atoms with Crippen LogP contribution in [0.2, 0.25) is 0 Å². The first-order chi connectivity index (χ1) is 11.7. The summed E-state index contributed by atoms with van der Waals surface area (Å²) in [5, 5.41) is 0.949. The van der Waals surface area contributed by atoms with E-state index in [1.807, 2.05) is 42.5 Å². The van der Waals surface area contributed by atoms with Crippen LogP contribution in [0, 0.1) is 0 Å². The van der Waals surface area contributed by atoms with Crippen molar-refractivity contribution in [3.05, 3.63) is 52.9 Å². The highest BCUT2D eigenvalue weighted by Gasteiger charge is 2.08. The number of aromatic amines is 2. The largest absolute Gasteiger partial charge is 0.493 e. The zero-order valence-electron chi connectivity index (χ0n) is 13.2. The Kier molecular flexibility index (Phi) is 3.23. The van der Waals surface area contributed by atoms with Crippen LogP contribution in [0.25, 0.3) is 33.2 Å². The molecule has 24 heavy (non-hydrogen) atoms. The van der Waals surface area contributed by atoms with Gasteiger partial charge in [-0.15, -0.1) is 0 Å². The third-order valence-electron chi connectivity index (χ3n) is 4.01. The van der Waals surface area contributed by atoms with Crippen LogP contribution in [0.15, 0.2) is 47.3 Å². The fourth-order valence-corrected chi connectivity index (χ4v) is 2.82. The fourth-order valence-electron chi connectivity index (χ4n) is 2.82. The number of ether oxygens (including phenoxy) is 2. The van der Waals surface area contributed by atoms with E-state index in [1.165, 1.54) is 0 Å². The van der Waals surface area contributed by atoms with E-state index in [1.54, 1.807) is 14.2 Å². The third-order valence-corrected chi connectivity index (χ3v) is 4.01. The van der Waals surface area contributed by atoms with Gasteiger partial charge in [-0.3, -0.25) is 4.98 Å². The monoisotopic (exact) mass is 321 g/mol.